The third-order valence-electron chi connectivity index (χ3n) is 4.04. The molecule has 1 rings (SSSR count). The molecule has 0 heterocycles. The van der Waals surface area contributed by atoms with Crippen LogP contribution in [-0.2, 0) is 4.79 Å². The Morgan fingerprint density at radius 2 is 2.05 bits per heavy atom. The van der Waals surface area contributed by atoms with E-state index in [2.05, 4.69) is 17.6 Å². The molecule has 0 aromatic carbocycles. The molecule has 1 aliphatic carbocycles. The predicted molar refractivity (Wildman–Crippen MR) is 79.9 cm³/mol. The second kappa shape index (κ2) is 10.2. The molecule has 4 N–H and O–H groups in total. The summed E-state index contributed by atoms with van der Waals surface area (Å²) < 4.78 is 0. The molecule has 1 aliphatic rings. The first-order valence-corrected chi connectivity index (χ1v) is 7.93. The van der Waals surface area contributed by atoms with Gasteiger partial charge in [-0.05, 0) is 50.6 Å². The lowest BCUT2D eigenvalue weighted by Gasteiger charge is -2.28. The number of nitrogens with two attached hydrogens (primary N) is 1. The zero-order valence-corrected chi connectivity index (χ0v) is 12.4. The molecule has 0 aromatic rings. The van der Waals surface area contributed by atoms with Gasteiger partial charge in [0, 0.05) is 19.5 Å². The van der Waals surface area contributed by atoms with Crippen LogP contribution in [0.4, 0.5) is 0 Å². The molecule has 0 aliphatic heterocycles. The molecule has 112 valence electrons. The fourth-order valence-electron chi connectivity index (χ4n) is 2.80. The summed E-state index contributed by atoms with van der Waals surface area (Å²) in [5, 5.41) is 6.36. The maximum atomic E-state index is 11.5. The van der Waals surface area contributed by atoms with Gasteiger partial charge < -0.3 is 16.4 Å². The van der Waals surface area contributed by atoms with Gasteiger partial charge in [-0.1, -0.05) is 19.8 Å². The summed E-state index contributed by atoms with van der Waals surface area (Å²) in [5.74, 6) is 1.65. The third-order valence-corrected chi connectivity index (χ3v) is 4.04. The van der Waals surface area contributed by atoms with E-state index in [4.69, 9.17) is 5.73 Å². The van der Waals surface area contributed by atoms with E-state index in [0.717, 1.165) is 50.9 Å². The number of carbonyl (C=O) groups excluding carboxylic acids is 1. The molecule has 1 saturated carbocycles. The van der Waals surface area contributed by atoms with Crippen molar-refractivity contribution in [1.29, 1.82) is 0 Å². The molecule has 1 fully saturated rings. The Morgan fingerprint density at radius 1 is 1.26 bits per heavy atom. The van der Waals surface area contributed by atoms with Gasteiger partial charge in [-0.25, -0.2) is 0 Å². The molecule has 4 nitrogen and oxygen atoms in total. The van der Waals surface area contributed by atoms with Gasteiger partial charge in [0.2, 0.25) is 5.91 Å². The number of rotatable bonds is 9. The molecule has 0 radical (unpaired) electrons. The Hall–Kier alpha value is -0.610. The smallest absolute Gasteiger partial charge is 0.221 e. The van der Waals surface area contributed by atoms with Crippen LogP contribution in [0, 0.1) is 11.8 Å². The minimum atomic E-state index is 0.171. The Morgan fingerprint density at radius 3 is 2.79 bits per heavy atom. The van der Waals surface area contributed by atoms with E-state index in [-0.39, 0.29) is 5.91 Å². The van der Waals surface area contributed by atoms with Crippen molar-refractivity contribution in [3.05, 3.63) is 0 Å². The fraction of sp³-hybridized carbons (Fsp3) is 0.933. The largest absolute Gasteiger partial charge is 0.356 e. The number of nitrogens with one attached hydrogen (secondary N) is 2. The lowest BCUT2D eigenvalue weighted by molar-refractivity contribution is -0.121. The first-order valence-electron chi connectivity index (χ1n) is 7.93. The monoisotopic (exact) mass is 269 g/mol. The van der Waals surface area contributed by atoms with E-state index in [1.54, 1.807) is 0 Å². The zero-order chi connectivity index (χ0) is 13.9. The highest BCUT2D eigenvalue weighted by Crippen LogP contribution is 2.27. The van der Waals surface area contributed by atoms with Crippen molar-refractivity contribution in [1.82, 2.24) is 10.6 Å². The van der Waals surface area contributed by atoms with Crippen LogP contribution in [0.15, 0.2) is 0 Å². The normalized spacial score (nSPS) is 23.3. The maximum Gasteiger partial charge on any atom is 0.221 e. The Kier molecular flexibility index (Phi) is 8.84. The highest BCUT2D eigenvalue weighted by molar-refractivity contribution is 5.75. The summed E-state index contributed by atoms with van der Waals surface area (Å²) in [6.45, 7) is 5.61. The molecule has 0 aromatic heterocycles. The van der Waals surface area contributed by atoms with Gasteiger partial charge in [0.1, 0.15) is 0 Å². The van der Waals surface area contributed by atoms with Crippen LogP contribution in [0.1, 0.15) is 51.9 Å². The van der Waals surface area contributed by atoms with Crippen molar-refractivity contribution >= 4 is 5.91 Å². The topological polar surface area (TPSA) is 67.2 Å². The van der Waals surface area contributed by atoms with Gasteiger partial charge in [0.25, 0.3) is 0 Å². The van der Waals surface area contributed by atoms with Gasteiger partial charge in [0.05, 0.1) is 0 Å². The van der Waals surface area contributed by atoms with Crippen molar-refractivity contribution in [2.75, 3.05) is 26.2 Å². The lowest BCUT2D eigenvalue weighted by atomic mass is 9.81. The van der Waals surface area contributed by atoms with Gasteiger partial charge >= 0.3 is 0 Å². The minimum Gasteiger partial charge on any atom is -0.356 e. The highest BCUT2D eigenvalue weighted by Gasteiger charge is 2.20. The molecule has 0 saturated heterocycles. The molecular weight excluding hydrogens is 238 g/mol. The average molecular weight is 269 g/mol. The summed E-state index contributed by atoms with van der Waals surface area (Å²) in [5.41, 5.74) is 5.74. The van der Waals surface area contributed by atoms with Crippen LogP contribution in [-0.4, -0.2) is 32.1 Å². The van der Waals surface area contributed by atoms with Gasteiger partial charge in [-0.2, -0.15) is 0 Å². The first kappa shape index (κ1) is 16.4. The quantitative estimate of drug-likeness (QED) is 0.558. The first-order chi connectivity index (χ1) is 9.26. The van der Waals surface area contributed by atoms with Gasteiger partial charge in [-0.15, -0.1) is 0 Å². The number of hydrogen-bond acceptors (Lipinski definition) is 3. The molecule has 0 bridgehead atoms. The van der Waals surface area contributed by atoms with Gasteiger partial charge in [0.15, 0.2) is 0 Å². The molecule has 0 spiro atoms. The Labute approximate surface area is 117 Å². The van der Waals surface area contributed by atoms with Crippen LogP contribution in [0.2, 0.25) is 0 Å². The van der Waals surface area contributed by atoms with Crippen LogP contribution >= 0.6 is 0 Å². The highest BCUT2D eigenvalue weighted by atomic mass is 16.1. The molecule has 2 atom stereocenters. The summed E-state index contributed by atoms with van der Waals surface area (Å²) in [7, 11) is 0. The van der Waals surface area contributed by atoms with E-state index in [1.165, 1.54) is 25.7 Å². The zero-order valence-electron chi connectivity index (χ0n) is 12.4. The fourth-order valence-corrected chi connectivity index (χ4v) is 2.80. The van der Waals surface area contributed by atoms with Crippen molar-refractivity contribution in [2.45, 2.75) is 51.9 Å². The summed E-state index contributed by atoms with van der Waals surface area (Å²) in [6.07, 6.45) is 7.97. The molecular formula is C15H31N3O. The standard InChI is InChI=1S/C15H31N3O/c1-2-3-8-18-15(19)7-9-17-12-14-6-4-5-13(10-14)11-16/h13-14,17H,2-12,16H2,1H3,(H,18,19). The van der Waals surface area contributed by atoms with E-state index >= 15 is 0 Å². The molecule has 4 heteroatoms. The van der Waals surface area contributed by atoms with Crippen LogP contribution in [0.3, 0.4) is 0 Å². The number of hydrogen-bond donors (Lipinski definition) is 3. The lowest BCUT2D eigenvalue weighted by Crippen LogP contribution is -2.32. The van der Waals surface area contributed by atoms with Gasteiger partial charge in [-0.3, -0.25) is 4.79 Å². The van der Waals surface area contributed by atoms with Crippen molar-refractivity contribution in [3.63, 3.8) is 0 Å². The predicted octanol–water partition coefficient (Wildman–Crippen LogP) is 1.65. The van der Waals surface area contributed by atoms with E-state index in [9.17, 15) is 4.79 Å². The van der Waals surface area contributed by atoms with Crippen LogP contribution in [0.25, 0.3) is 0 Å². The van der Waals surface area contributed by atoms with E-state index < -0.39 is 0 Å². The maximum absolute atomic E-state index is 11.5. The van der Waals surface area contributed by atoms with E-state index in [1.807, 2.05) is 0 Å². The van der Waals surface area contributed by atoms with Crippen molar-refractivity contribution in [3.8, 4) is 0 Å². The summed E-state index contributed by atoms with van der Waals surface area (Å²) in [4.78, 5) is 11.5. The second-order valence-corrected chi connectivity index (χ2v) is 5.79. The van der Waals surface area contributed by atoms with Crippen molar-refractivity contribution < 1.29 is 4.79 Å². The second-order valence-electron chi connectivity index (χ2n) is 5.79. The molecule has 19 heavy (non-hydrogen) atoms. The summed E-state index contributed by atoms with van der Waals surface area (Å²) >= 11 is 0. The third kappa shape index (κ3) is 7.53. The molecule has 2 unspecified atom stereocenters. The average Bonchev–Trinajstić information content (AvgIpc) is 2.44. The number of carbonyl (C=O) groups is 1. The summed E-state index contributed by atoms with van der Waals surface area (Å²) in [6, 6.07) is 0. The van der Waals surface area contributed by atoms with Crippen LogP contribution in [0.5, 0.6) is 0 Å². The van der Waals surface area contributed by atoms with Crippen LogP contribution < -0.4 is 16.4 Å². The Balaban J connectivity index is 1.99. The Bertz CT molecular complexity index is 246. The molecule has 1 amide bonds. The van der Waals surface area contributed by atoms with E-state index in [0.29, 0.717) is 6.42 Å². The minimum absolute atomic E-state index is 0.171. The number of unbranched alkanes of at least 4 members (excludes halogenated alkanes) is 1. The SMILES string of the molecule is CCCCNC(=O)CCNCC1CCCC(CN)C1. The van der Waals surface area contributed by atoms with Crippen molar-refractivity contribution in [2.24, 2.45) is 17.6 Å². The number of amides is 1.